The average Bonchev–Trinajstić information content (AvgIpc) is 2.37. The molecular weight excluding hydrogens is 309 g/mol. The van der Waals surface area contributed by atoms with E-state index in [0.29, 0.717) is 5.02 Å². The molecule has 2 aromatic rings. The summed E-state index contributed by atoms with van der Waals surface area (Å²) < 4.78 is 32.6. The Balaban J connectivity index is 2.38. The number of halogens is 4. The van der Waals surface area contributed by atoms with Crippen molar-refractivity contribution < 1.29 is 13.5 Å². The van der Waals surface area contributed by atoms with Crippen LogP contribution in [0, 0.1) is 17.0 Å². The number of nitrogens with one attached hydrogen (secondary N) is 1. The van der Waals surface area contributed by atoms with E-state index in [-0.39, 0.29) is 16.3 Å². The molecule has 2 rings (SSSR count). The van der Waals surface area contributed by atoms with Crippen molar-refractivity contribution in [1.82, 2.24) is 0 Å². The molecule has 104 valence electrons. The maximum atomic E-state index is 13.8. The van der Waals surface area contributed by atoms with E-state index in [1.807, 2.05) is 0 Å². The maximum absolute atomic E-state index is 13.8. The number of ether oxygens (including phenoxy) is 1. The van der Waals surface area contributed by atoms with E-state index in [2.05, 4.69) is 0 Å². The minimum Gasteiger partial charge on any atom is -0.451 e. The number of rotatable bonds is 3. The lowest BCUT2D eigenvalue weighted by Crippen LogP contribution is -2.12. The van der Waals surface area contributed by atoms with Crippen LogP contribution in [0.25, 0.3) is 0 Å². The normalized spacial score (nSPS) is 10.4. The van der Waals surface area contributed by atoms with Crippen LogP contribution in [0.15, 0.2) is 30.3 Å². The molecule has 7 heteroatoms. The molecule has 0 saturated heterocycles. The lowest BCUT2D eigenvalue weighted by atomic mass is 10.2. The van der Waals surface area contributed by atoms with Gasteiger partial charge < -0.3 is 10.5 Å². The predicted molar refractivity (Wildman–Crippen MR) is 73.9 cm³/mol. The lowest BCUT2D eigenvalue weighted by Gasteiger charge is -2.10. The molecule has 0 aliphatic heterocycles. The number of nitrogen functional groups attached to an aromatic ring is 1. The molecular formula is C13H8Cl2F2N2O. The van der Waals surface area contributed by atoms with Crippen molar-refractivity contribution in [3.63, 3.8) is 0 Å². The van der Waals surface area contributed by atoms with Crippen LogP contribution in [0.4, 0.5) is 8.78 Å². The fourth-order valence-electron chi connectivity index (χ4n) is 1.47. The lowest BCUT2D eigenvalue weighted by molar-refractivity contribution is 0.407. The highest BCUT2D eigenvalue weighted by Gasteiger charge is 2.15. The van der Waals surface area contributed by atoms with Crippen LogP contribution in [0.3, 0.4) is 0 Å². The first kappa shape index (κ1) is 14.6. The first-order valence-corrected chi connectivity index (χ1v) is 6.10. The van der Waals surface area contributed by atoms with Crippen LogP contribution >= 0.6 is 23.2 Å². The summed E-state index contributed by atoms with van der Waals surface area (Å²) >= 11 is 11.5. The Morgan fingerprint density at radius 1 is 1.05 bits per heavy atom. The SMILES string of the molecule is N=C(N)c1cc(F)c(Oc2ccc(Cl)c(Cl)c2)c(F)c1. The smallest absolute Gasteiger partial charge is 0.198 e. The van der Waals surface area contributed by atoms with Gasteiger partial charge in [0.1, 0.15) is 11.6 Å². The molecule has 0 amide bonds. The molecule has 2 aromatic carbocycles. The molecule has 0 aliphatic rings. The second-order valence-corrected chi connectivity index (χ2v) is 4.68. The largest absolute Gasteiger partial charge is 0.451 e. The summed E-state index contributed by atoms with van der Waals surface area (Å²) in [6, 6.07) is 6.03. The van der Waals surface area contributed by atoms with Gasteiger partial charge in [-0.2, -0.15) is 0 Å². The summed E-state index contributed by atoms with van der Waals surface area (Å²) in [4.78, 5) is 0. The molecule has 0 radical (unpaired) electrons. The topological polar surface area (TPSA) is 59.1 Å². The van der Waals surface area contributed by atoms with Crippen molar-refractivity contribution in [1.29, 1.82) is 5.41 Å². The molecule has 0 spiro atoms. The van der Waals surface area contributed by atoms with Gasteiger partial charge in [-0.05, 0) is 24.3 Å². The van der Waals surface area contributed by atoms with Crippen molar-refractivity contribution in [2.24, 2.45) is 5.73 Å². The van der Waals surface area contributed by atoms with Crippen LogP contribution in [0.1, 0.15) is 5.56 Å². The summed E-state index contributed by atoms with van der Waals surface area (Å²) in [6.45, 7) is 0. The van der Waals surface area contributed by atoms with Crippen molar-refractivity contribution in [3.05, 3.63) is 57.6 Å². The number of amidine groups is 1. The minimum absolute atomic E-state index is 0.0681. The van der Waals surface area contributed by atoms with E-state index in [9.17, 15) is 8.78 Å². The number of nitrogens with two attached hydrogens (primary N) is 1. The Morgan fingerprint density at radius 2 is 1.65 bits per heavy atom. The zero-order chi connectivity index (χ0) is 14.9. The molecule has 0 bridgehead atoms. The molecule has 0 heterocycles. The van der Waals surface area contributed by atoms with E-state index >= 15 is 0 Å². The number of benzene rings is 2. The van der Waals surface area contributed by atoms with E-state index in [4.69, 9.17) is 39.1 Å². The van der Waals surface area contributed by atoms with Crippen molar-refractivity contribution >= 4 is 29.0 Å². The highest BCUT2D eigenvalue weighted by atomic mass is 35.5. The predicted octanol–water partition coefficient (Wildman–Crippen LogP) is 4.35. The zero-order valence-corrected chi connectivity index (χ0v) is 11.4. The van der Waals surface area contributed by atoms with Crippen molar-refractivity contribution in [3.8, 4) is 11.5 Å². The molecule has 20 heavy (non-hydrogen) atoms. The van der Waals surface area contributed by atoms with Gasteiger partial charge in [0.05, 0.1) is 10.0 Å². The standard InChI is InChI=1S/C13H8Cl2F2N2O/c14-8-2-1-7(5-9(8)15)20-12-10(16)3-6(13(18)19)4-11(12)17/h1-5H,(H3,18,19). The Hall–Kier alpha value is -1.85. The molecule has 3 N–H and O–H groups in total. The minimum atomic E-state index is -0.971. The second-order valence-electron chi connectivity index (χ2n) is 3.86. The summed E-state index contributed by atoms with van der Waals surface area (Å²) in [5.74, 6) is -2.85. The van der Waals surface area contributed by atoms with Crippen LogP contribution in [0.2, 0.25) is 10.0 Å². The fraction of sp³-hybridized carbons (Fsp3) is 0. The highest BCUT2D eigenvalue weighted by molar-refractivity contribution is 6.42. The molecule has 0 aromatic heterocycles. The Kier molecular flexibility index (Phi) is 4.11. The van der Waals surface area contributed by atoms with Gasteiger partial charge in [-0.3, -0.25) is 5.41 Å². The molecule has 0 aliphatic carbocycles. The van der Waals surface area contributed by atoms with E-state index in [1.165, 1.54) is 18.2 Å². The summed E-state index contributed by atoms with van der Waals surface area (Å²) in [7, 11) is 0. The van der Waals surface area contributed by atoms with Crippen LogP contribution in [-0.2, 0) is 0 Å². The van der Waals surface area contributed by atoms with Gasteiger partial charge in [-0.15, -0.1) is 0 Å². The Labute approximate surface area is 123 Å². The van der Waals surface area contributed by atoms with E-state index < -0.39 is 23.2 Å². The van der Waals surface area contributed by atoms with Gasteiger partial charge in [0.25, 0.3) is 0 Å². The third kappa shape index (κ3) is 3.00. The second kappa shape index (κ2) is 5.64. The van der Waals surface area contributed by atoms with Gasteiger partial charge >= 0.3 is 0 Å². The van der Waals surface area contributed by atoms with Gasteiger partial charge in [0.2, 0.25) is 0 Å². The monoisotopic (exact) mass is 316 g/mol. The van der Waals surface area contributed by atoms with Gasteiger partial charge in [-0.1, -0.05) is 23.2 Å². The Morgan fingerprint density at radius 3 is 2.15 bits per heavy atom. The van der Waals surface area contributed by atoms with E-state index in [1.54, 1.807) is 0 Å². The van der Waals surface area contributed by atoms with Crippen LogP contribution < -0.4 is 10.5 Å². The van der Waals surface area contributed by atoms with Crippen LogP contribution in [0.5, 0.6) is 11.5 Å². The Bertz CT molecular complexity index is 669. The third-order valence-corrected chi connectivity index (χ3v) is 3.16. The first-order chi connectivity index (χ1) is 9.38. The molecule has 0 saturated carbocycles. The van der Waals surface area contributed by atoms with Crippen molar-refractivity contribution in [2.75, 3.05) is 0 Å². The molecule has 0 atom stereocenters. The average molecular weight is 317 g/mol. The van der Waals surface area contributed by atoms with Crippen molar-refractivity contribution in [2.45, 2.75) is 0 Å². The summed E-state index contributed by atoms with van der Waals surface area (Å²) in [6.07, 6.45) is 0. The zero-order valence-electron chi connectivity index (χ0n) is 9.88. The molecule has 0 unspecified atom stereocenters. The molecule has 0 fully saturated rings. The van der Waals surface area contributed by atoms with Crippen LogP contribution in [-0.4, -0.2) is 5.84 Å². The third-order valence-electron chi connectivity index (χ3n) is 2.42. The first-order valence-electron chi connectivity index (χ1n) is 5.35. The van der Waals surface area contributed by atoms with Gasteiger partial charge in [0.15, 0.2) is 17.4 Å². The summed E-state index contributed by atoms with van der Waals surface area (Å²) in [5.41, 5.74) is 5.10. The van der Waals surface area contributed by atoms with Gasteiger partial charge in [0, 0.05) is 11.6 Å². The highest BCUT2D eigenvalue weighted by Crippen LogP contribution is 2.32. The number of hydrogen-bond donors (Lipinski definition) is 2. The van der Waals surface area contributed by atoms with Gasteiger partial charge in [-0.25, -0.2) is 8.78 Å². The quantitative estimate of drug-likeness (QED) is 0.653. The maximum Gasteiger partial charge on any atom is 0.198 e. The van der Waals surface area contributed by atoms with E-state index in [0.717, 1.165) is 12.1 Å². The summed E-state index contributed by atoms with van der Waals surface area (Å²) in [5, 5.41) is 7.64. The fourth-order valence-corrected chi connectivity index (χ4v) is 1.76. The number of hydrogen-bond acceptors (Lipinski definition) is 2. The molecule has 3 nitrogen and oxygen atoms in total.